The number of aromatic nitrogens is 1. The average Bonchev–Trinajstić information content (AvgIpc) is 2.93. The van der Waals surface area contributed by atoms with Crippen molar-refractivity contribution in [1.82, 2.24) is 15.6 Å². The van der Waals surface area contributed by atoms with Crippen molar-refractivity contribution in [3.63, 3.8) is 0 Å². The van der Waals surface area contributed by atoms with E-state index in [2.05, 4.69) is 15.6 Å². The molecule has 2 atom stereocenters. The van der Waals surface area contributed by atoms with E-state index in [0.29, 0.717) is 31.0 Å². The summed E-state index contributed by atoms with van der Waals surface area (Å²) in [5.74, 6) is 0.764. The van der Waals surface area contributed by atoms with Crippen molar-refractivity contribution in [1.29, 1.82) is 0 Å². The van der Waals surface area contributed by atoms with E-state index < -0.39 is 0 Å². The Kier molecular flexibility index (Phi) is 3.84. The van der Waals surface area contributed by atoms with Gasteiger partial charge in [-0.3, -0.25) is 4.79 Å². The molecule has 1 aromatic rings. The zero-order valence-electron chi connectivity index (χ0n) is 11.3. The quantitative estimate of drug-likeness (QED) is 0.886. The number of carbonyl (C=O) groups excluding carboxylic acids is 1. The van der Waals surface area contributed by atoms with Crippen LogP contribution in [0.2, 0.25) is 0 Å². The van der Waals surface area contributed by atoms with Gasteiger partial charge in [0.05, 0.1) is 17.7 Å². The number of hydrogen-bond donors (Lipinski definition) is 2. The van der Waals surface area contributed by atoms with Gasteiger partial charge in [-0.05, 0) is 38.5 Å². The van der Waals surface area contributed by atoms with Crippen molar-refractivity contribution >= 4 is 17.2 Å². The summed E-state index contributed by atoms with van der Waals surface area (Å²) in [6, 6.07) is 1.33. The molecule has 3 rings (SSSR count). The summed E-state index contributed by atoms with van der Waals surface area (Å²) in [4.78, 5) is 17.4. The van der Waals surface area contributed by atoms with Crippen LogP contribution in [0.3, 0.4) is 0 Å². The molecular formula is C14H21N3OS. The second-order valence-electron chi connectivity index (χ2n) is 5.82. The second-order valence-corrected chi connectivity index (χ2v) is 6.76. The first-order valence-corrected chi connectivity index (χ1v) is 8.00. The predicted octanol–water partition coefficient (Wildman–Crippen LogP) is 1.99. The van der Waals surface area contributed by atoms with Crippen LogP contribution >= 0.6 is 11.3 Å². The minimum absolute atomic E-state index is 0.194. The van der Waals surface area contributed by atoms with E-state index in [0.717, 1.165) is 5.69 Å². The van der Waals surface area contributed by atoms with Crippen LogP contribution in [0.25, 0.3) is 0 Å². The van der Waals surface area contributed by atoms with Crippen molar-refractivity contribution in [3.05, 3.63) is 16.1 Å². The largest absolute Gasteiger partial charge is 0.351 e. The Morgan fingerprint density at radius 2 is 2.21 bits per heavy atom. The highest BCUT2D eigenvalue weighted by Crippen LogP contribution is 2.32. The minimum Gasteiger partial charge on any atom is -0.351 e. The highest BCUT2D eigenvalue weighted by Gasteiger charge is 2.34. The summed E-state index contributed by atoms with van der Waals surface area (Å²) in [7, 11) is 0. The molecule has 2 saturated heterocycles. The van der Waals surface area contributed by atoms with Gasteiger partial charge in [-0.1, -0.05) is 0 Å². The third-order valence-electron chi connectivity index (χ3n) is 4.34. The van der Waals surface area contributed by atoms with Gasteiger partial charge in [0.1, 0.15) is 0 Å². The lowest BCUT2D eigenvalue weighted by atomic mass is 9.89. The third-order valence-corrected chi connectivity index (χ3v) is 5.27. The molecule has 0 aromatic carbocycles. The predicted molar refractivity (Wildman–Crippen MR) is 76.0 cm³/mol. The van der Waals surface area contributed by atoms with Crippen molar-refractivity contribution in [2.75, 3.05) is 0 Å². The van der Waals surface area contributed by atoms with Crippen molar-refractivity contribution < 1.29 is 4.79 Å². The van der Waals surface area contributed by atoms with Gasteiger partial charge >= 0.3 is 0 Å². The van der Waals surface area contributed by atoms with Crippen LogP contribution in [0, 0.1) is 12.8 Å². The molecular weight excluding hydrogens is 258 g/mol. The standard InChI is InChI=1S/C14H21N3OS/c1-9-13(19-8-16-9)7-15-14(18)6-10-4-11-2-3-12(5-10)17-11/h8,10-12,17H,2-7H2,1H3,(H,15,18). The monoisotopic (exact) mass is 279 g/mol. The molecule has 0 aliphatic carbocycles. The number of hydrogen-bond acceptors (Lipinski definition) is 4. The van der Waals surface area contributed by atoms with Crippen LogP contribution in [-0.4, -0.2) is 23.0 Å². The number of thiazole rings is 1. The highest BCUT2D eigenvalue weighted by atomic mass is 32.1. The fourth-order valence-corrected chi connectivity index (χ4v) is 4.07. The molecule has 5 heteroatoms. The summed E-state index contributed by atoms with van der Waals surface area (Å²) in [5, 5.41) is 6.65. The van der Waals surface area contributed by atoms with Crippen molar-refractivity contribution in [2.24, 2.45) is 5.92 Å². The van der Waals surface area contributed by atoms with Gasteiger partial charge in [0.15, 0.2) is 0 Å². The molecule has 0 radical (unpaired) electrons. The normalized spacial score (nSPS) is 29.4. The van der Waals surface area contributed by atoms with Gasteiger partial charge in [-0.2, -0.15) is 0 Å². The highest BCUT2D eigenvalue weighted by molar-refractivity contribution is 7.09. The van der Waals surface area contributed by atoms with E-state index in [1.807, 2.05) is 12.4 Å². The number of piperidine rings is 1. The molecule has 2 aliphatic rings. The molecule has 2 fully saturated rings. The maximum absolute atomic E-state index is 12.0. The number of carbonyl (C=O) groups is 1. The second kappa shape index (κ2) is 5.59. The Morgan fingerprint density at radius 3 is 2.84 bits per heavy atom. The fraction of sp³-hybridized carbons (Fsp3) is 0.714. The molecule has 2 N–H and O–H groups in total. The topological polar surface area (TPSA) is 54.0 Å². The molecule has 19 heavy (non-hydrogen) atoms. The van der Waals surface area contributed by atoms with Crippen LogP contribution in [0.15, 0.2) is 5.51 Å². The maximum atomic E-state index is 12.0. The van der Waals surface area contributed by atoms with Gasteiger partial charge in [-0.25, -0.2) is 4.98 Å². The lowest BCUT2D eigenvalue weighted by molar-refractivity contribution is -0.122. The lowest BCUT2D eigenvalue weighted by Crippen LogP contribution is -2.39. The van der Waals surface area contributed by atoms with E-state index in [-0.39, 0.29) is 5.91 Å². The van der Waals surface area contributed by atoms with Crippen LogP contribution in [0.5, 0.6) is 0 Å². The van der Waals surface area contributed by atoms with Gasteiger partial charge < -0.3 is 10.6 Å². The summed E-state index contributed by atoms with van der Waals surface area (Å²) in [5.41, 5.74) is 2.87. The number of nitrogens with one attached hydrogen (secondary N) is 2. The number of rotatable bonds is 4. The molecule has 104 valence electrons. The Balaban J connectivity index is 1.45. The first-order valence-electron chi connectivity index (χ1n) is 7.12. The SMILES string of the molecule is Cc1ncsc1CNC(=O)CC1CC2CCC(C1)N2. The molecule has 0 spiro atoms. The molecule has 3 heterocycles. The molecule has 1 aromatic heterocycles. The number of amides is 1. The van der Waals surface area contributed by atoms with E-state index in [9.17, 15) is 4.79 Å². The zero-order valence-corrected chi connectivity index (χ0v) is 12.1. The third kappa shape index (κ3) is 3.15. The van der Waals surface area contributed by atoms with E-state index >= 15 is 0 Å². The van der Waals surface area contributed by atoms with E-state index in [1.54, 1.807) is 11.3 Å². The van der Waals surface area contributed by atoms with Gasteiger partial charge in [0.2, 0.25) is 5.91 Å². The minimum atomic E-state index is 0.194. The smallest absolute Gasteiger partial charge is 0.220 e. The van der Waals surface area contributed by atoms with E-state index in [1.165, 1.54) is 30.6 Å². The average molecular weight is 279 g/mol. The summed E-state index contributed by atoms with van der Waals surface area (Å²) in [6.07, 6.45) is 5.62. The van der Waals surface area contributed by atoms with Gasteiger partial charge in [0, 0.05) is 23.4 Å². The molecule has 2 unspecified atom stereocenters. The Hall–Kier alpha value is -0.940. The van der Waals surface area contributed by atoms with Crippen LogP contribution in [0.4, 0.5) is 0 Å². The van der Waals surface area contributed by atoms with Gasteiger partial charge in [-0.15, -0.1) is 11.3 Å². The fourth-order valence-electron chi connectivity index (χ4n) is 3.35. The molecule has 1 amide bonds. The Morgan fingerprint density at radius 1 is 1.47 bits per heavy atom. The Labute approximate surface area is 118 Å². The number of aryl methyl sites for hydroxylation is 1. The van der Waals surface area contributed by atoms with Crippen molar-refractivity contribution in [2.45, 2.75) is 57.7 Å². The summed E-state index contributed by atoms with van der Waals surface area (Å²) >= 11 is 1.61. The van der Waals surface area contributed by atoms with E-state index in [4.69, 9.17) is 0 Å². The molecule has 2 bridgehead atoms. The van der Waals surface area contributed by atoms with Crippen LogP contribution in [-0.2, 0) is 11.3 Å². The van der Waals surface area contributed by atoms with Crippen LogP contribution in [0.1, 0.15) is 42.7 Å². The lowest BCUT2D eigenvalue weighted by Gasteiger charge is -2.28. The number of nitrogens with zero attached hydrogens (tertiary/aromatic N) is 1. The molecule has 4 nitrogen and oxygen atoms in total. The van der Waals surface area contributed by atoms with Crippen LogP contribution < -0.4 is 10.6 Å². The van der Waals surface area contributed by atoms with Crippen molar-refractivity contribution in [3.8, 4) is 0 Å². The molecule has 2 aliphatic heterocycles. The zero-order chi connectivity index (χ0) is 13.2. The molecule has 0 saturated carbocycles. The summed E-state index contributed by atoms with van der Waals surface area (Å²) in [6.45, 7) is 2.62. The number of fused-ring (bicyclic) bond motifs is 2. The summed E-state index contributed by atoms with van der Waals surface area (Å²) < 4.78 is 0. The maximum Gasteiger partial charge on any atom is 0.220 e. The first-order chi connectivity index (χ1) is 9.20. The Bertz CT molecular complexity index is 447. The first kappa shape index (κ1) is 13.1. The van der Waals surface area contributed by atoms with Gasteiger partial charge in [0.25, 0.3) is 0 Å².